The number of methoxy groups -OCH3 is 1. The van der Waals surface area contributed by atoms with Gasteiger partial charge in [0.2, 0.25) is 11.8 Å². The summed E-state index contributed by atoms with van der Waals surface area (Å²) in [6, 6.07) is 18.4. The first-order valence-corrected chi connectivity index (χ1v) is 12.2. The molecule has 3 amide bonds. The Labute approximate surface area is 210 Å². The summed E-state index contributed by atoms with van der Waals surface area (Å²) in [6.45, 7) is -0.323. The van der Waals surface area contributed by atoms with E-state index in [0.717, 1.165) is 32.1 Å². The fourth-order valence-electron chi connectivity index (χ4n) is 4.51. The topological polar surface area (TPSA) is 101 Å². The number of hydrogen-bond donors (Lipinski definition) is 2. The largest absolute Gasteiger partial charge is 0.497 e. The van der Waals surface area contributed by atoms with Crippen LogP contribution in [-0.2, 0) is 9.59 Å². The van der Waals surface area contributed by atoms with Crippen molar-refractivity contribution in [2.75, 3.05) is 18.6 Å². The molecule has 0 spiro atoms. The zero-order chi connectivity index (χ0) is 25.3. The van der Waals surface area contributed by atoms with Crippen LogP contribution in [0.5, 0.6) is 5.75 Å². The molecule has 8 nitrogen and oxygen atoms in total. The van der Waals surface area contributed by atoms with Gasteiger partial charge in [-0.05, 0) is 42.7 Å². The van der Waals surface area contributed by atoms with E-state index in [-0.39, 0.29) is 24.3 Å². The van der Waals surface area contributed by atoms with Crippen LogP contribution in [0.1, 0.15) is 54.3 Å². The van der Waals surface area contributed by atoms with Crippen molar-refractivity contribution in [2.45, 2.75) is 44.2 Å². The maximum atomic E-state index is 13.8. The van der Waals surface area contributed by atoms with Gasteiger partial charge in [0.1, 0.15) is 11.8 Å². The second-order valence-corrected chi connectivity index (χ2v) is 8.78. The number of ether oxygens (including phenoxy) is 1. The van der Waals surface area contributed by atoms with E-state index in [2.05, 4.69) is 10.6 Å². The van der Waals surface area contributed by atoms with Gasteiger partial charge in [0.05, 0.1) is 19.9 Å². The van der Waals surface area contributed by atoms with Crippen molar-refractivity contribution in [3.05, 3.63) is 84.3 Å². The van der Waals surface area contributed by atoms with Crippen molar-refractivity contribution in [2.24, 2.45) is 0 Å². The van der Waals surface area contributed by atoms with Crippen molar-refractivity contribution in [1.82, 2.24) is 10.6 Å². The van der Waals surface area contributed by atoms with Gasteiger partial charge in [-0.2, -0.15) is 0 Å². The average molecular weight is 490 g/mol. The molecule has 1 aromatic heterocycles. The molecular weight excluding hydrogens is 458 g/mol. The Morgan fingerprint density at radius 3 is 2.47 bits per heavy atom. The molecule has 2 N–H and O–H groups in total. The number of nitrogens with zero attached hydrogens (tertiary/aromatic N) is 1. The first-order valence-electron chi connectivity index (χ1n) is 12.2. The molecule has 36 heavy (non-hydrogen) atoms. The van der Waals surface area contributed by atoms with Crippen LogP contribution in [0.2, 0.25) is 0 Å². The third-order valence-corrected chi connectivity index (χ3v) is 6.32. The number of furan rings is 1. The van der Waals surface area contributed by atoms with Crippen LogP contribution < -0.4 is 20.3 Å². The molecule has 1 aliphatic rings. The summed E-state index contributed by atoms with van der Waals surface area (Å²) in [5.74, 6) is -0.575. The van der Waals surface area contributed by atoms with E-state index in [9.17, 15) is 14.4 Å². The highest BCUT2D eigenvalue weighted by molar-refractivity contribution is 6.04. The molecule has 3 aromatic rings. The third-order valence-electron chi connectivity index (χ3n) is 6.32. The number of carbonyl (C=O) groups is 3. The Hall–Kier alpha value is -4.07. The van der Waals surface area contributed by atoms with Crippen molar-refractivity contribution >= 4 is 23.4 Å². The highest BCUT2D eigenvalue weighted by Crippen LogP contribution is 2.31. The Kier molecular flexibility index (Phi) is 8.39. The minimum absolute atomic E-state index is 0.0679. The number of rotatable bonds is 9. The first-order chi connectivity index (χ1) is 17.6. The third kappa shape index (κ3) is 6.13. The Balaban J connectivity index is 1.67. The van der Waals surface area contributed by atoms with Crippen LogP contribution in [-0.4, -0.2) is 37.4 Å². The Bertz CT molecular complexity index is 1160. The van der Waals surface area contributed by atoms with Gasteiger partial charge in [0.15, 0.2) is 5.76 Å². The summed E-state index contributed by atoms with van der Waals surface area (Å²) in [5, 5.41) is 5.78. The lowest BCUT2D eigenvalue weighted by molar-refractivity contribution is -0.127. The monoisotopic (exact) mass is 489 g/mol. The minimum Gasteiger partial charge on any atom is -0.497 e. The van der Waals surface area contributed by atoms with Gasteiger partial charge in [0, 0.05) is 17.8 Å². The molecule has 0 bridgehead atoms. The predicted octanol–water partition coefficient (Wildman–Crippen LogP) is 4.24. The van der Waals surface area contributed by atoms with Crippen molar-refractivity contribution in [3.63, 3.8) is 0 Å². The van der Waals surface area contributed by atoms with Crippen LogP contribution in [0.25, 0.3) is 0 Å². The molecule has 1 saturated carbocycles. The lowest BCUT2D eigenvalue weighted by Crippen LogP contribution is -2.49. The molecule has 1 aliphatic carbocycles. The first kappa shape index (κ1) is 25.0. The summed E-state index contributed by atoms with van der Waals surface area (Å²) >= 11 is 0. The Morgan fingerprint density at radius 1 is 1.00 bits per heavy atom. The molecule has 0 saturated heterocycles. The lowest BCUT2D eigenvalue weighted by Gasteiger charge is -2.33. The summed E-state index contributed by atoms with van der Waals surface area (Å²) in [7, 11) is 1.54. The van der Waals surface area contributed by atoms with Gasteiger partial charge < -0.3 is 19.8 Å². The molecule has 1 fully saturated rings. The van der Waals surface area contributed by atoms with Gasteiger partial charge in [-0.25, -0.2) is 0 Å². The van der Waals surface area contributed by atoms with Gasteiger partial charge >= 0.3 is 0 Å². The highest BCUT2D eigenvalue weighted by Gasteiger charge is 2.34. The predicted molar refractivity (Wildman–Crippen MR) is 136 cm³/mol. The smallest absolute Gasteiger partial charge is 0.287 e. The van der Waals surface area contributed by atoms with E-state index in [1.54, 1.807) is 37.4 Å². The standard InChI is InChI=1S/C28H31N3O5/c1-35-23-15-8-14-22(18-23)31(25(32)19-29-27(33)24-16-9-17-36-24)26(20-10-4-2-5-11-20)28(34)30-21-12-6-3-7-13-21/h2,4-5,8-11,14-18,21,26H,3,6-7,12-13,19H2,1H3,(H,29,33)(H,30,34)/t26-/m1/s1. The lowest BCUT2D eigenvalue weighted by atomic mass is 9.94. The van der Waals surface area contributed by atoms with Crippen molar-refractivity contribution in [3.8, 4) is 5.75 Å². The van der Waals surface area contributed by atoms with Gasteiger partial charge in [-0.3, -0.25) is 19.3 Å². The van der Waals surface area contributed by atoms with E-state index in [1.165, 1.54) is 17.2 Å². The number of amides is 3. The van der Waals surface area contributed by atoms with E-state index in [0.29, 0.717) is 17.0 Å². The van der Waals surface area contributed by atoms with Gasteiger partial charge in [-0.1, -0.05) is 55.7 Å². The summed E-state index contributed by atoms with van der Waals surface area (Å²) in [4.78, 5) is 41.3. The second-order valence-electron chi connectivity index (χ2n) is 8.78. The summed E-state index contributed by atoms with van der Waals surface area (Å²) in [6.07, 6.45) is 6.52. The molecule has 4 rings (SSSR count). The fraction of sp³-hybridized carbons (Fsp3) is 0.321. The maximum absolute atomic E-state index is 13.8. The normalized spacial score (nSPS) is 14.5. The fourth-order valence-corrected chi connectivity index (χ4v) is 4.51. The number of hydrogen-bond acceptors (Lipinski definition) is 5. The number of benzene rings is 2. The molecule has 8 heteroatoms. The quantitative estimate of drug-likeness (QED) is 0.468. The van der Waals surface area contributed by atoms with Crippen LogP contribution in [0.3, 0.4) is 0 Å². The van der Waals surface area contributed by atoms with E-state index in [1.807, 2.05) is 30.3 Å². The minimum atomic E-state index is -0.937. The van der Waals surface area contributed by atoms with Crippen molar-refractivity contribution in [1.29, 1.82) is 0 Å². The number of nitrogens with one attached hydrogen (secondary N) is 2. The SMILES string of the molecule is COc1cccc(N(C(=O)CNC(=O)c2ccco2)[C@@H](C(=O)NC2CCCCC2)c2ccccc2)c1. The van der Waals surface area contributed by atoms with E-state index >= 15 is 0 Å². The van der Waals surface area contributed by atoms with E-state index < -0.39 is 17.9 Å². The van der Waals surface area contributed by atoms with Crippen molar-refractivity contribution < 1.29 is 23.5 Å². The molecular formula is C28H31N3O5. The molecule has 1 atom stereocenters. The molecule has 2 aromatic carbocycles. The molecule has 0 aliphatic heterocycles. The van der Waals surface area contributed by atoms with Gasteiger partial charge in [-0.15, -0.1) is 0 Å². The molecule has 1 heterocycles. The zero-order valence-corrected chi connectivity index (χ0v) is 20.3. The molecule has 188 valence electrons. The molecule has 0 unspecified atom stereocenters. The summed E-state index contributed by atoms with van der Waals surface area (Å²) in [5.41, 5.74) is 1.15. The zero-order valence-electron chi connectivity index (χ0n) is 20.3. The maximum Gasteiger partial charge on any atom is 0.287 e. The number of anilines is 1. The number of carbonyl (C=O) groups excluding carboxylic acids is 3. The highest BCUT2D eigenvalue weighted by atomic mass is 16.5. The van der Waals surface area contributed by atoms with Crippen LogP contribution in [0, 0.1) is 0 Å². The van der Waals surface area contributed by atoms with E-state index in [4.69, 9.17) is 9.15 Å². The second kappa shape index (κ2) is 12.1. The van der Waals surface area contributed by atoms with Crippen LogP contribution in [0.4, 0.5) is 5.69 Å². The summed E-state index contributed by atoms with van der Waals surface area (Å²) < 4.78 is 10.5. The van der Waals surface area contributed by atoms with Crippen LogP contribution >= 0.6 is 0 Å². The van der Waals surface area contributed by atoms with Crippen LogP contribution in [0.15, 0.2) is 77.4 Å². The Morgan fingerprint density at radius 2 is 1.78 bits per heavy atom. The van der Waals surface area contributed by atoms with Gasteiger partial charge in [0.25, 0.3) is 5.91 Å². The average Bonchev–Trinajstić information content (AvgIpc) is 3.46. The molecule has 0 radical (unpaired) electrons.